The third kappa shape index (κ3) is 3.86. The van der Waals surface area contributed by atoms with Gasteiger partial charge in [0.25, 0.3) is 0 Å². The van der Waals surface area contributed by atoms with E-state index in [9.17, 15) is 4.79 Å². The number of nitrogens with one attached hydrogen (secondary N) is 1. The zero-order valence-corrected chi connectivity index (χ0v) is 10.8. The van der Waals surface area contributed by atoms with Crippen molar-refractivity contribution in [1.82, 2.24) is 15.4 Å². The molecule has 0 amide bonds. The highest BCUT2D eigenvalue weighted by Crippen LogP contribution is 2.21. The summed E-state index contributed by atoms with van der Waals surface area (Å²) in [6.07, 6.45) is 1.91. The minimum absolute atomic E-state index is 0.226. The molecule has 0 saturated heterocycles. The van der Waals surface area contributed by atoms with Gasteiger partial charge in [-0.15, -0.1) is 16.4 Å². The lowest BCUT2D eigenvalue weighted by molar-refractivity contribution is -0.143. The van der Waals surface area contributed by atoms with Crippen LogP contribution in [0.5, 0.6) is 0 Å². The SMILES string of the molecule is CC(OC(=O)Cc1cccs1)Sc1cn[nH]n1. The molecule has 0 bridgehead atoms. The maximum absolute atomic E-state index is 11.6. The van der Waals surface area contributed by atoms with Crippen molar-refractivity contribution in [2.75, 3.05) is 0 Å². The van der Waals surface area contributed by atoms with Crippen LogP contribution >= 0.6 is 23.1 Å². The summed E-state index contributed by atoms with van der Waals surface area (Å²) < 4.78 is 5.25. The van der Waals surface area contributed by atoms with Crippen molar-refractivity contribution in [3.05, 3.63) is 28.6 Å². The summed E-state index contributed by atoms with van der Waals surface area (Å²) in [4.78, 5) is 12.6. The first kappa shape index (κ1) is 12.1. The number of esters is 1. The smallest absolute Gasteiger partial charge is 0.312 e. The van der Waals surface area contributed by atoms with E-state index >= 15 is 0 Å². The summed E-state index contributed by atoms with van der Waals surface area (Å²) in [5, 5.41) is 12.7. The molecule has 17 heavy (non-hydrogen) atoms. The van der Waals surface area contributed by atoms with Gasteiger partial charge in [-0.3, -0.25) is 4.79 Å². The fourth-order valence-electron chi connectivity index (χ4n) is 1.22. The van der Waals surface area contributed by atoms with E-state index in [0.717, 1.165) is 4.88 Å². The van der Waals surface area contributed by atoms with Gasteiger partial charge in [0.2, 0.25) is 0 Å². The molecule has 0 spiro atoms. The van der Waals surface area contributed by atoms with Gasteiger partial charge in [-0.1, -0.05) is 17.8 Å². The first-order valence-electron chi connectivity index (χ1n) is 4.98. The number of thioether (sulfide) groups is 1. The third-order valence-corrected chi connectivity index (χ3v) is 3.62. The average molecular weight is 269 g/mol. The minimum Gasteiger partial charge on any atom is -0.451 e. The van der Waals surface area contributed by atoms with Crippen LogP contribution in [-0.4, -0.2) is 26.8 Å². The Kier molecular flexibility index (Phi) is 4.16. The lowest BCUT2D eigenvalue weighted by Gasteiger charge is -2.10. The van der Waals surface area contributed by atoms with Crippen LogP contribution in [0, 0.1) is 0 Å². The van der Waals surface area contributed by atoms with Gasteiger partial charge in [0.1, 0.15) is 5.03 Å². The van der Waals surface area contributed by atoms with Crippen molar-refractivity contribution >= 4 is 29.1 Å². The number of carbonyl (C=O) groups excluding carboxylic acids is 1. The topological polar surface area (TPSA) is 67.9 Å². The lowest BCUT2D eigenvalue weighted by Crippen LogP contribution is -2.13. The van der Waals surface area contributed by atoms with Crippen LogP contribution in [0.25, 0.3) is 0 Å². The summed E-state index contributed by atoms with van der Waals surface area (Å²) in [6.45, 7) is 1.81. The third-order valence-electron chi connectivity index (χ3n) is 1.88. The molecule has 2 aromatic heterocycles. The largest absolute Gasteiger partial charge is 0.451 e. The number of hydrogen-bond acceptors (Lipinski definition) is 6. The number of aromatic nitrogens is 3. The Morgan fingerprint density at radius 1 is 1.71 bits per heavy atom. The molecule has 7 heteroatoms. The molecule has 1 atom stereocenters. The van der Waals surface area contributed by atoms with Gasteiger partial charge in [0.15, 0.2) is 5.44 Å². The second-order valence-electron chi connectivity index (χ2n) is 3.24. The Balaban J connectivity index is 1.78. The molecule has 1 N–H and O–H groups in total. The van der Waals surface area contributed by atoms with Gasteiger partial charge >= 0.3 is 5.97 Å². The van der Waals surface area contributed by atoms with Gasteiger partial charge in [-0.2, -0.15) is 10.3 Å². The molecule has 0 aliphatic heterocycles. The Labute approximate surface area is 107 Å². The highest BCUT2D eigenvalue weighted by atomic mass is 32.2. The monoisotopic (exact) mass is 269 g/mol. The van der Waals surface area contributed by atoms with Crippen LogP contribution in [0.15, 0.2) is 28.7 Å². The molecule has 0 aliphatic carbocycles. The maximum Gasteiger partial charge on any atom is 0.312 e. The van der Waals surface area contributed by atoms with Crippen molar-refractivity contribution in [3.63, 3.8) is 0 Å². The van der Waals surface area contributed by atoms with Crippen molar-refractivity contribution in [2.45, 2.75) is 23.8 Å². The van der Waals surface area contributed by atoms with E-state index in [0.29, 0.717) is 11.4 Å². The first-order chi connectivity index (χ1) is 8.24. The number of carbonyl (C=O) groups is 1. The molecule has 2 heterocycles. The van der Waals surface area contributed by atoms with E-state index in [2.05, 4.69) is 15.4 Å². The lowest BCUT2D eigenvalue weighted by atomic mass is 10.3. The van der Waals surface area contributed by atoms with Crippen molar-refractivity contribution in [2.24, 2.45) is 0 Å². The summed E-state index contributed by atoms with van der Waals surface area (Å²) >= 11 is 2.90. The number of nitrogens with zero attached hydrogens (tertiary/aromatic N) is 2. The van der Waals surface area contributed by atoms with E-state index in [1.165, 1.54) is 11.8 Å². The molecule has 0 radical (unpaired) electrons. The summed E-state index contributed by atoms with van der Waals surface area (Å²) in [7, 11) is 0. The maximum atomic E-state index is 11.6. The average Bonchev–Trinajstić information content (AvgIpc) is 2.90. The molecule has 0 fully saturated rings. The standard InChI is InChI=1S/C10H11N3O2S2/c1-7(17-9-6-11-13-12-9)15-10(14)5-8-3-2-4-16-8/h2-4,6-7H,5H2,1H3,(H,11,12,13). The second kappa shape index (κ2) is 5.83. The molecule has 2 rings (SSSR count). The Hall–Kier alpha value is -1.34. The second-order valence-corrected chi connectivity index (χ2v) is 5.59. The first-order valence-corrected chi connectivity index (χ1v) is 6.74. The van der Waals surface area contributed by atoms with Gasteiger partial charge in [0, 0.05) is 4.88 Å². The fraction of sp³-hybridized carbons (Fsp3) is 0.300. The molecule has 0 saturated carbocycles. The van der Waals surface area contributed by atoms with Crippen LogP contribution in [0.4, 0.5) is 0 Å². The zero-order chi connectivity index (χ0) is 12.1. The van der Waals surface area contributed by atoms with Gasteiger partial charge < -0.3 is 4.74 Å². The van der Waals surface area contributed by atoms with Crippen molar-refractivity contribution in [1.29, 1.82) is 0 Å². The number of rotatable bonds is 5. The van der Waals surface area contributed by atoms with E-state index in [1.807, 2.05) is 24.4 Å². The molecular weight excluding hydrogens is 258 g/mol. The molecule has 2 aromatic rings. The van der Waals surface area contributed by atoms with Crippen LogP contribution in [0.2, 0.25) is 0 Å². The number of aromatic amines is 1. The van der Waals surface area contributed by atoms with Crippen LogP contribution in [0.3, 0.4) is 0 Å². The highest BCUT2D eigenvalue weighted by molar-refractivity contribution is 7.99. The number of thiophene rings is 1. The zero-order valence-electron chi connectivity index (χ0n) is 9.12. The predicted octanol–water partition coefficient (Wildman–Crippen LogP) is 2.09. The van der Waals surface area contributed by atoms with Crippen LogP contribution in [-0.2, 0) is 16.0 Å². The molecular formula is C10H11N3O2S2. The number of hydrogen-bond donors (Lipinski definition) is 1. The normalized spacial score (nSPS) is 12.3. The highest BCUT2D eigenvalue weighted by Gasteiger charge is 2.13. The quantitative estimate of drug-likeness (QED) is 0.511. The van der Waals surface area contributed by atoms with E-state index in [4.69, 9.17) is 4.74 Å². The minimum atomic E-state index is -0.271. The fourth-order valence-corrected chi connectivity index (χ4v) is 2.62. The Morgan fingerprint density at radius 3 is 3.24 bits per heavy atom. The number of ether oxygens (including phenoxy) is 1. The molecule has 0 aliphatic rings. The summed E-state index contributed by atoms with van der Waals surface area (Å²) in [5.74, 6) is -0.226. The number of H-pyrrole nitrogens is 1. The molecule has 0 aromatic carbocycles. The van der Waals surface area contributed by atoms with E-state index in [-0.39, 0.29) is 11.4 Å². The summed E-state index contributed by atoms with van der Waals surface area (Å²) in [5.41, 5.74) is -0.271. The van der Waals surface area contributed by atoms with Gasteiger partial charge in [-0.05, 0) is 18.4 Å². The Morgan fingerprint density at radius 2 is 2.59 bits per heavy atom. The molecule has 5 nitrogen and oxygen atoms in total. The van der Waals surface area contributed by atoms with Crippen LogP contribution < -0.4 is 0 Å². The van der Waals surface area contributed by atoms with E-state index < -0.39 is 0 Å². The van der Waals surface area contributed by atoms with E-state index in [1.54, 1.807) is 17.5 Å². The van der Waals surface area contributed by atoms with Crippen LogP contribution in [0.1, 0.15) is 11.8 Å². The van der Waals surface area contributed by atoms with Crippen molar-refractivity contribution < 1.29 is 9.53 Å². The molecule has 90 valence electrons. The summed E-state index contributed by atoms with van der Waals surface area (Å²) in [6, 6.07) is 3.84. The molecule has 1 unspecified atom stereocenters. The Bertz CT molecular complexity index is 456. The van der Waals surface area contributed by atoms with Gasteiger partial charge in [0.05, 0.1) is 12.6 Å². The van der Waals surface area contributed by atoms with Gasteiger partial charge in [-0.25, -0.2) is 0 Å². The van der Waals surface area contributed by atoms with Crippen molar-refractivity contribution in [3.8, 4) is 0 Å². The predicted molar refractivity (Wildman–Crippen MR) is 65.8 cm³/mol.